The molecular weight excluding hydrogens is 292 g/mol. The molecule has 1 rings (SSSR count). The van der Waals surface area contributed by atoms with Gasteiger partial charge in [-0.1, -0.05) is 13.8 Å². The fourth-order valence-corrected chi connectivity index (χ4v) is 4.03. The van der Waals surface area contributed by atoms with Crippen LogP contribution in [-0.4, -0.2) is 39.5 Å². The summed E-state index contributed by atoms with van der Waals surface area (Å²) in [6, 6.07) is 2.78. The van der Waals surface area contributed by atoms with Gasteiger partial charge in [0.05, 0.1) is 19.9 Å². The van der Waals surface area contributed by atoms with E-state index < -0.39 is 10.0 Å². The zero-order chi connectivity index (χ0) is 16.2. The van der Waals surface area contributed by atoms with Crippen molar-refractivity contribution in [2.75, 3.05) is 26.5 Å². The Labute approximate surface area is 126 Å². The normalized spacial score (nSPS) is 13.2. The van der Waals surface area contributed by atoms with Gasteiger partial charge in [-0.2, -0.15) is 4.31 Å². The van der Waals surface area contributed by atoms with Crippen molar-refractivity contribution in [3.8, 4) is 11.5 Å². The zero-order valence-corrected chi connectivity index (χ0v) is 14.0. The number of sulfonamides is 1. The number of benzene rings is 1. The van der Waals surface area contributed by atoms with Crippen LogP contribution in [0.15, 0.2) is 17.0 Å². The Morgan fingerprint density at radius 1 is 1.19 bits per heavy atom. The van der Waals surface area contributed by atoms with Crippen LogP contribution in [0.3, 0.4) is 0 Å². The molecule has 1 aromatic carbocycles. The summed E-state index contributed by atoms with van der Waals surface area (Å²) in [5, 5.41) is 0. The van der Waals surface area contributed by atoms with Crippen molar-refractivity contribution in [3.63, 3.8) is 0 Å². The Balaban J connectivity index is 3.46. The highest BCUT2D eigenvalue weighted by atomic mass is 32.2. The van der Waals surface area contributed by atoms with Crippen LogP contribution >= 0.6 is 0 Å². The summed E-state index contributed by atoms with van der Waals surface area (Å²) in [6.07, 6.45) is 0.723. The third-order valence-electron chi connectivity index (χ3n) is 3.50. The second kappa shape index (κ2) is 7.00. The van der Waals surface area contributed by atoms with Crippen LogP contribution in [0.5, 0.6) is 11.5 Å². The number of ether oxygens (including phenoxy) is 2. The van der Waals surface area contributed by atoms with Crippen LogP contribution < -0.4 is 15.2 Å². The second-order valence-electron chi connectivity index (χ2n) is 4.71. The van der Waals surface area contributed by atoms with E-state index in [9.17, 15) is 8.42 Å². The highest BCUT2D eigenvalue weighted by Gasteiger charge is 2.30. The molecule has 0 saturated heterocycles. The van der Waals surface area contributed by atoms with Gasteiger partial charge in [-0.3, -0.25) is 0 Å². The number of nitrogen functional groups attached to an aromatic ring is 1. The lowest BCUT2D eigenvalue weighted by Gasteiger charge is -2.27. The number of hydrogen-bond donors (Lipinski definition) is 1. The van der Waals surface area contributed by atoms with E-state index in [0.717, 1.165) is 6.42 Å². The summed E-state index contributed by atoms with van der Waals surface area (Å²) in [4.78, 5) is 0.0606. The Hall–Kier alpha value is -1.47. The molecule has 0 bridgehead atoms. The third kappa shape index (κ3) is 3.41. The molecule has 0 heterocycles. The average molecular weight is 316 g/mol. The lowest BCUT2D eigenvalue weighted by Crippen LogP contribution is -2.38. The maximum Gasteiger partial charge on any atom is 0.247 e. The van der Waals surface area contributed by atoms with E-state index in [1.165, 1.54) is 30.7 Å². The number of rotatable bonds is 7. The first-order valence-corrected chi connectivity index (χ1v) is 8.30. The highest BCUT2D eigenvalue weighted by molar-refractivity contribution is 7.89. The summed E-state index contributed by atoms with van der Waals surface area (Å²) in [5.41, 5.74) is 6.10. The van der Waals surface area contributed by atoms with Crippen molar-refractivity contribution in [3.05, 3.63) is 12.1 Å². The standard InChI is InChI=1S/C14H24N2O4S/c1-6-10(3)16(7-2)21(17,18)14-8-11(15)12(19-4)9-13(14)20-5/h8-10H,6-7,15H2,1-5H3. The van der Waals surface area contributed by atoms with E-state index in [-0.39, 0.29) is 22.4 Å². The van der Waals surface area contributed by atoms with Crippen molar-refractivity contribution in [2.45, 2.75) is 38.1 Å². The third-order valence-corrected chi connectivity index (χ3v) is 5.61. The van der Waals surface area contributed by atoms with Gasteiger partial charge in [0.25, 0.3) is 0 Å². The van der Waals surface area contributed by atoms with Gasteiger partial charge in [0.15, 0.2) is 0 Å². The number of nitrogens with zero attached hydrogens (tertiary/aromatic N) is 1. The summed E-state index contributed by atoms with van der Waals surface area (Å²) >= 11 is 0. The zero-order valence-electron chi connectivity index (χ0n) is 13.2. The van der Waals surface area contributed by atoms with E-state index in [4.69, 9.17) is 15.2 Å². The van der Waals surface area contributed by atoms with Gasteiger partial charge < -0.3 is 15.2 Å². The van der Waals surface area contributed by atoms with Crippen molar-refractivity contribution in [2.24, 2.45) is 0 Å². The van der Waals surface area contributed by atoms with Gasteiger partial charge in [0, 0.05) is 18.7 Å². The molecule has 7 heteroatoms. The number of anilines is 1. The van der Waals surface area contributed by atoms with Crippen LogP contribution in [0.1, 0.15) is 27.2 Å². The van der Waals surface area contributed by atoms with Gasteiger partial charge in [0.1, 0.15) is 16.4 Å². The molecule has 0 aliphatic heterocycles. The van der Waals surface area contributed by atoms with Crippen LogP contribution in [0.25, 0.3) is 0 Å². The predicted octanol–water partition coefficient (Wildman–Crippen LogP) is 2.10. The summed E-state index contributed by atoms with van der Waals surface area (Å²) in [6.45, 7) is 6.01. The maximum atomic E-state index is 12.8. The minimum Gasteiger partial charge on any atom is -0.495 e. The van der Waals surface area contributed by atoms with Gasteiger partial charge in [-0.25, -0.2) is 8.42 Å². The number of methoxy groups -OCH3 is 2. The first-order chi connectivity index (χ1) is 9.83. The molecule has 1 unspecified atom stereocenters. The molecule has 0 spiro atoms. The van der Waals surface area contributed by atoms with Gasteiger partial charge in [-0.05, 0) is 19.4 Å². The van der Waals surface area contributed by atoms with Crippen LogP contribution in [-0.2, 0) is 10.0 Å². The fraction of sp³-hybridized carbons (Fsp3) is 0.571. The molecule has 0 fully saturated rings. The van der Waals surface area contributed by atoms with Gasteiger partial charge in [-0.15, -0.1) is 0 Å². The Kier molecular flexibility index (Phi) is 5.86. The lowest BCUT2D eigenvalue weighted by molar-refractivity contribution is 0.338. The van der Waals surface area contributed by atoms with Crippen LogP contribution in [0, 0.1) is 0 Å². The molecule has 21 heavy (non-hydrogen) atoms. The molecule has 6 nitrogen and oxygen atoms in total. The summed E-state index contributed by atoms with van der Waals surface area (Å²) in [5.74, 6) is 0.611. The van der Waals surface area contributed by atoms with E-state index in [0.29, 0.717) is 12.3 Å². The van der Waals surface area contributed by atoms with E-state index in [1.54, 1.807) is 0 Å². The van der Waals surface area contributed by atoms with Gasteiger partial charge >= 0.3 is 0 Å². The Morgan fingerprint density at radius 2 is 1.76 bits per heavy atom. The molecule has 0 aliphatic carbocycles. The monoisotopic (exact) mass is 316 g/mol. The first kappa shape index (κ1) is 17.6. The molecule has 1 aromatic rings. The van der Waals surface area contributed by atoms with E-state index >= 15 is 0 Å². The molecule has 0 radical (unpaired) electrons. The van der Waals surface area contributed by atoms with Crippen molar-refractivity contribution in [1.82, 2.24) is 4.31 Å². The highest BCUT2D eigenvalue weighted by Crippen LogP contribution is 2.35. The first-order valence-electron chi connectivity index (χ1n) is 6.86. The summed E-state index contributed by atoms with van der Waals surface area (Å²) < 4.78 is 37.4. The average Bonchev–Trinajstić information content (AvgIpc) is 2.47. The van der Waals surface area contributed by atoms with Crippen molar-refractivity contribution >= 4 is 15.7 Å². The number of hydrogen-bond acceptors (Lipinski definition) is 5. The summed E-state index contributed by atoms with van der Waals surface area (Å²) in [7, 11) is -0.791. The topological polar surface area (TPSA) is 81.9 Å². The fourth-order valence-electron chi connectivity index (χ4n) is 2.14. The largest absolute Gasteiger partial charge is 0.495 e. The smallest absolute Gasteiger partial charge is 0.247 e. The number of nitrogens with two attached hydrogens (primary N) is 1. The minimum atomic E-state index is -3.68. The van der Waals surface area contributed by atoms with Crippen molar-refractivity contribution < 1.29 is 17.9 Å². The quantitative estimate of drug-likeness (QED) is 0.779. The predicted molar refractivity (Wildman–Crippen MR) is 83.3 cm³/mol. The van der Waals surface area contributed by atoms with Gasteiger partial charge in [0.2, 0.25) is 10.0 Å². The van der Waals surface area contributed by atoms with Crippen LogP contribution in [0.2, 0.25) is 0 Å². The Morgan fingerprint density at radius 3 is 2.19 bits per heavy atom. The molecule has 1 atom stereocenters. The molecule has 2 N–H and O–H groups in total. The molecule has 0 aromatic heterocycles. The molecule has 0 saturated carbocycles. The SMILES string of the molecule is CCC(C)N(CC)S(=O)(=O)c1cc(N)c(OC)cc1OC. The van der Waals surface area contributed by atoms with E-state index in [2.05, 4.69) is 0 Å². The van der Waals surface area contributed by atoms with E-state index in [1.807, 2.05) is 20.8 Å². The molecule has 0 aliphatic rings. The molecular formula is C14H24N2O4S. The second-order valence-corrected chi connectivity index (χ2v) is 6.57. The molecule has 0 amide bonds. The lowest BCUT2D eigenvalue weighted by atomic mass is 10.3. The minimum absolute atomic E-state index is 0.0606. The van der Waals surface area contributed by atoms with Crippen LogP contribution in [0.4, 0.5) is 5.69 Å². The molecule has 120 valence electrons. The Bertz CT molecular complexity index is 587. The maximum absolute atomic E-state index is 12.8. The van der Waals surface area contributed by atoms with Crippen molar-refractivity contribution in [1.29, 1.82) is 0 Å².